The molecule has 4 rings (SSSR count). The summed E-state index contributed by atoms with van der Waals surface area (Å²) in [6.07, 6.45) is 1.88. The number of aryl methyl sites for hydroxylation is 1. The fourth-order valence-corrected chi connectivity index (χ4v) is 4.71. The molecule has 4 nitrogen and oxygen atoms in total. The van der Waals surface area contributed by atoms with E-state index < -0.39 is 5.97 Å². The number of rotatable bonds is 3. The van der Waals surface area contributed by atoms with Gasteiger partial charge in [0.1, 0.15) is 4.20 Å². The number of benzene rings is 1. The first kappa shape index (κ1) is 21.8. The number of esters is 1. The maximum atomic E-state index is 13.2. The van der Waals surface area contributed by atoms with Crippen molar-refractivity contribution in [3.63, 3.8) is 0 Å². The van der Waals surface area contributed by atoms with Gasteiger partial charge in [-0.15, -0.1) is 0 Å². The third kappa shape index (κ3) is 3.65. The van der Waals surface area contributed by atoms with Crippen LogP contribution >= 0.6 is 24.0 Å². The molecular formula is C21H16KNO3S2. The minimum atomic E-state index is -0.439. The van der Waals surface area contributed by atoms with Gasteiger partial charge in [-0.3, -0.25) is 0 Å². The first-order chi connectivity index (χ1) is 13.0. The number of fused-ring (bicyclic) bond motifs is 3. The SMILES string of the molecule is CCOC(=O)c1c2c(n3ccc(C)cc13)C(=S)S/C2=C(/[O-])c1ccccc1.[K+]. The van der Waals surface area contributed by atoms with Gasteiger partial charge in [0, 0.05) is 16.7 Å². The zero-order valence-corrected chi connectivity index (χ0v) is 20.6. The summed E-state index contributed by atoms with van der Waals surface area (Å²) < 4.78 is 7.77. The van der Waals surface area contributed by atoms with Gasteiger partial charge >= 0.3 is 57.4 Å². The molecule has 28 heavy (non-hydrogen) atoms. The van der Waals surface area contributed by atoms with E-state index >= 15 is 0 Å². The molecule has 0 unspecified atom stereocenters. The van der Waals surface area contributed by atoms with E-state index in [1.54, 1.807) is 19.1 Å². The average molecular weight is 434 g/mol. The van der Waals surface area contributed by atoms with Crippen molar-refractivity contribution in [2.45, 2.75) is 13.8 Å². The van der Waals surface area contributed by atoms with E-state index in [1.807, 2.05) is 47.9 Å². The normalized spacial score (nSPS) is 14.6. The number of pyridine rings is 1. The number of hydrogen-bond donors (Lipinski definition) is 0. The van der Waals surface area contributed by atoms with Crippen molar-refractivity contribution in [3.05, 3.63) is 76.6 Å². The molecule has 1 aromatic carbocycles. The number of carbonyl (C=O) groups is 1. The summed E-state index contributed by atoms with van der Waals surface area (Å²) in [4.78, 5) is 13.3. The zero-order valence-electron chi connectivity index (χ0n) is 15.8. The summed E-state index contributed by atoms with van der Waals surface area (Å²) in [5, 5.41) is 13.2. The minimum absolute atomic E-state index is 0. The Kier molecular flexibility index (Phi) is 6.86. The van der Waals surface area contributed by atoms with Gasteiger partial charge in [-0.2, -0.15) is 0 Å². The number of aromatic nitrogens is 1. The fourth-order valence-electron chi connectivity index (χ4n) is 3.26. The van der Waals surface area contributed by atoms with Gasteiger partial charge in [0.15, 0.2) is 0 Å². The van der Waals surface area contributed by atoms with Gasteiger partial charge in [0.25, 0.3) is 0 Å². The number of hydrogen-bond acceptors (Lipinski definition) is 5. The van der Waals surface area contributed by atoms with Gasteiger partial charge in [0.2, 0.25) is 0 Å². The van der Waals surface area contributed by atoms with Crippen LogP contribution in [0.1, 0.15) is 39.7 Å². The molecule has 1 aliphatic rings. The third-order valence-electron chi connectivity index (χ3n) is 4.43. The van der Waals surface area contributed by atoms with E-state index in [4.69, 9.17) is 17.0 Å². The van der Waals surface area contributed by atoms with Gasteiger partial charge in [0.05, 0.1) is 23.4 Å². The van der Waals surface area contributed by atoms with Crippen LogP contribution in [-0.4, -0.2) is 21.2 Å². The standard InChI is InChI=1S/C21H17NO3S2.K/c1-3-25-20(24)15-14-11-12(2)9-10-22(14)17-16(15)19(27-21(17)26)18(23)13-7-5-4-6-8-13;/h4-11,23H,3H2,1-2H3;/q;+1/p-1/b19-18+;. The molecule has 7 heteroatoms. The van der Waals surface area contributed by atoms with Gasteiger partial charge in [-0.1, -0.05) is 60.1 Å². The Morgan fingerprint density at radius 1 is 1.25 bits per heavy atom. The van der Waals surface area contributed by atoms with Crippen molar-refractivity contribution in [3.8, 4) is 0 Å². The topological polar surface area (TPSA) is 53.8 Å². The molecule has 0 radical (unpaired) electrons. The molecule has 3 heterocycles. The molecule has 1 aliphatic heterocycles. The molecule has 0 saturated carbocycles. The smallest absolute Gasteiger partial charge is 0.871 e. The molecule has 0 amide bonds. The molecule has 0 aliphatic carbocycles. The Morgan fingerprint density at radius 3 is 2.64 bits per heavy atom. The summed E-state index contributed by atoms with van der Waals surface area (Å²) in [5.74, 6) is -0.578. The van der Waals surface area contributed by atoms with Crippen molar-refractivity contribution >= 4 is 50.3 Å². The number of thioether (sulfide) groups is 1. The second kappa shape index (κ2) is 8.83. The number of thiocarbonyl (C=S) groups is 1. The maximum absolute atomic E-state index is 13.2. The minimum Gasteiger partial charge on any atom is -0.871 e. The van der Waals surface area contributed by atoms with Crippen LogP contribution in [0.3, 0.4) is 0 Å². The van der Waals surface area contributed by atoms with Crippen LogP contribution in [-0.2, 0) is 4.74 Å². The number of nitrogens with zero attached hydrogens (tertiary/aromatic N) is 1. The van der Waals surface area contributed by atoms with Crippen LogP contribution < -0.4 is 56.5 Å². The monoisotopic (exact) mass is 433 g/mol. The van der Waals surface area contributed by atoms with Crippen molar-refractivity contribution < 1.29 is 66.0 Å². The predicted octanol–water partition coefficient (Wildman–Crippen LogP) is 1.04. The Balaban J connectivity index is 0.00000225. The Bertz CT molecular complexity index is 1120. The van der Waals surface area contributed by atoms with E-state index in [2.05, 4.69) is 0 Å². The third-order valence-corrected chi connectivity index (χ3v) is 5.85. The Morgan fingerprint density at radius 2 is 1.96 bits per heavy atom. The van der Waals surface area contributed by atoms with Crippen LogP contribution in [0.5, 0.6) is 0 Å². The van der Waals surface area contributed by atoms with Crippen molar-refractivity contribution in [1.29, 1.82) is 0 Å². The van der Waals surface area contributed by atoms with Crippen molar-refractivity contribution in [1.82, 2.24) is 4.40 Å². The molecule has 2 aromatic heterocycles. The first-order valence-electron chi connectivity index (χ1n) is 8.54. The van der Waals surface area contributed by atoms with Crippen LogP contribution in [0, 0.1) is 6.92 Å². The summed E-state index contributed by atoms with van der Waals surface area (Å²) >= 11 is 6.80. The molecule has 3 aromatic rings. The summed E-state index contributed by atoms with van der Waals surface area (Å²) in [5.41, 5.74) is 3.99. The molecule has 0 saturated heterocycles. The molecular weight excluding hydrogens is 417 g/mol. The van der Waals surface area contributed by atoms with E-state index in [0.29, 0.717) is 37.0 Å². The molecule has 0 spiro atoms. The molecule has 0 atom stereocenters. The molecule has 0 fully saturated rings. The summed E-state index contributed by atoms with van der Waals surface area (Å²) in [6, 6.07) is 12.9. The van der Waals surface area contributed by atoms with Crippen LogP contribution in [0.4, 0.5) is 0 Å². The number of ether oxygens (including phenoxy) is 1. The largest absolute Gasteiger partial charge is 1.00 e. The van der Waals surface area contributed by atoms with E-state index in [0.717, 1.165) is 5.56 Å². The summed E-state index contributed by atoms with van der Waals surface area (Å²) in [6.45, 7) is 3.98. The maximum Gasteiger partial charge on any atom is 1.00 e. The molecule has 0 bridgehead atoms. The van der Waals surface area contributed by atoms with Crippen molar-refractivity contribution in [2.24, 2.45) is 0 Å². The number of carbonyl (C=O) groups excluding carboxylic acids is 1. The Labute approximate surface area is 215 Å². The average Bonchev–Trinajstić information content (AvgIpc) is 3.17. The van der Waals surface area contributed by atoms with E-state index in [-0.39, 0.29) is 63.8 Å². The fraction of sp³-hybridized carbons (Fsp3) is 0.143. The second-order valence-electron chi connectivity index (χ2n) is 6.19. The van der Waals surface area contributed by atoms with Gasteiger partial charge in [-0.05, 0) is 37.1 Å². The van der Waals surface area contributed by atoms with Gasteiger partial charge < -0.3 is 14.2 Å². The quantitative estimate of drug-likeness (QED) is 0.267. The van der Waals surface area contributed by atoms with Crippen LogP contribution in [0.25, 0.3) is 16.2 Å². The second-order valence-corrected chi connectivity index (χ2v) is 7.88. The Hall–Kier alpha value is -0.934. The molecule has 136 valence electrons. The molecule has 0 N–H and O–H groups in total. The van der Waals surface area contributed by atoms with E-state index in [9.17, 15) is 9.90 Å². The van der Waals surface area contributed by atoms with Crippen molar-refractivity contribution in [2.75, 3.05) is 6.61 Å². The van der Waals surface area contributed by atoms with E-state index in [1.165, 1.54) is 11.8 Å². The summed E-state index contributed by atoms with van der Waals surface area (Å²) in [7, 11) is 0. The van der Waals surface area contributed by atoms with Crippen LogP contribution in [0.2, 0.25) is 0 Å². The van der Waals surface area contributed by atoms with Gasteiger partial charge in [-0.25, -0.2) is 4.79 Å². The zero-order chi connectivity index (χ0) is 19.1. The first-order valence-corrected chi connectivity index (χ1v) is 9.76. The van der Waals surface area contributed by atoms with Crippen LogP contribution in [0.15, 0.2) is 48.7 Å². The predicted molar refractivity (Wildman–Crippen MR) is 111 cm³/mol.